The molecule has 0 spiro atoms. The van der Waals surface area contributed by atoms with E-state index in [0.29, 0.717) is 19.3 Å². The van der Waals surface area contributed by atoms with Gasteiger partial charge in [0.2, 0.25) is 0 Å². The smallest absolute Gasteiger partial charge is 0.306 e. The maximum atomic E-state index is 12.7. The summed E-state index contributed by atoms with van der Waals surface area (Å²) in [5.74, 6) is 0.758. The minimum Gasteiger partial charge on any atom is -0.462 e. The van der Waals surface area contributed by atoms with Crippen LogP contribution in [0.3, 0.4) is 0 Å². The van der Waals surface area contributed by atoms with E-state index in [1.807, 2.05) is 0 Å². The van der Waals surface area contributed by atoms with Crippen molar-refractivity contribution in [1.29, 1.82) is 0 Å². The van der Waals surface area contributed by atoms with Crippen molar-refractivity contribution >= 4 is 17.9 Å². The summed E-state index contributed by atoms with van der Waals surface area (Å²) >= 11 is 0. The van der Waals surface area contributed by atoms with Crippen molar-refractivity contribution in [2.45, 2.75) is 240 Å². The quantitative estimate of drug-likeness (QED) is 0.0361. The fourth-order valence-corrected chi connectivity index (χ4v) is 6.33. The minimum atomic E-state index is -0.761. The largest absolute Gasteiger partial charge is 0.462 e. The molecule has 0 aromatic carbocycles. The number of hydrogen-bond donors (Lipinski definition) is 0. The molecule has 0 amide bonds. The number of carbonyl (C=O) groups excluding carboxylic acids is 3. The summed E-state index contributed by atoms with van der Waals surface area (Å²) < 4.78 is 16.7. The molecule has 0 rings (SSSR count). The fraction of sp³-hybridized carbons (Fsp3) is 0.932. The van der Waals surface area contributed by atoms with Gasteiger partial charge in [0, 0.05) is 19.3 Å². The van der Waals surface area contributed by atoms with Crippen LogP contribution in [0, 0.1) is 11.8 Å². The average Bonchev–Trinajstić information content (AvgIpc) is 3.11. The summed E-state index contributed by atoms with van der Waals surface area (Å²) in [7, 11) is 0. The molecule has 6 heteroatoms. The lowest BCUT2D eigenvalue weighted by molar-refractivity contribution is -0.167. The van der Waals surface area contributed by atoms with Crippen molar-refractivity contribution in [2.24, 2.45) is 11.8 Å². The van der Waals surface area contributed by atoms with Gasteiger partial charge < -0.3 is 14.2 Å². The van der Waals surface area contributed by atoms with E-state index in [1.54, 1.807) is 0 Å². The summed E-state index contributed by atoms with van der Waals surface area (Å²) in [6, 6.07) is 0. The highest BCUT2D eigenvalue weighted by atomic mass is 16.6. The summed E-state index contributed by atoms with van der Waals surface area (Å²) in [4.78, 5) is 37.6. The molecule has 2 unspecified atom stereocenters. The first-order chi connectivity index (χ1) is 24.3. The van der Waals surface area contributed by atoms with Gasteiger partial charge in [-0.3, -0.25) is 14.4 Å². The van der Waals surface area contributed by atoms with Gasteiger partial charge in [0.25, 0.3) is 0 Å². The Morgan fingerprint density at radius 3 is 1.04 bits per heavy atom. The van der Waals surface area contributed by atoms with E-state index in [1.165, 1.54) is 122 Å². The molecule has 3 atom stereocenters. The van der Waals surface area contributed by atoms with Crippen LogP contribution in [0.25, 0.3) is 0 Å². The van der Waals surface area contributed by atoms with E-state index in [9.17, 15) is 14.4 Å². The molecule has 0 aliphatic heterocycles. The van der Waals surface area contributed by atoms with Crippen LogP contribution in [-0.4, -0.2) is 37.2 Å². The van der Waals surface area contributed by atoms with Crippen molar-refractivity contribution in [3.05, 3.63) is 0 Å². The molecule has 0 aliphatic rings. The molecule has 6 nitrogen and oxygen atoms in total. The van der Waals surface area contributed by atoms with Crippen molar-refractivity contribution in [2.75, 3.05) is 13.2 Å². The second-order valence-corrected chi connectivity index (χ2v) is 15.5. The predicted molar refractivity (Wildman–Crippen MR) is 210 cm³/mol. The highest BCUT2D eigenvalue weighted by Crippen LogP contribution is 2.17. The first kappa shape index (κ1) is 48.4. The van der Waals surface area contributed by atoms with Gasteiger partial charge in [0.15, 0.2) is 6.10 Å². The number of unbranched alkanes of at least 4 members (excludes halogenated alkanes) is 21. The zero-order valence-electron chi connectivity index (χ0n) is 34.0. The molecule has 0 radical (unpaired) electrons. The maximum Gasteiger partial charge on any atom is 0.306 e. The summed E-state index contributed by atoms with van der Waals surface area (Å²) in [6.07, 6.45) is 33.7. The highest BCUT2D eigenvalue weighted by Gasteiger charge is 2.19. The minimum absolute atomic E-state index is 0.0665. The third kappa shape index (κ3) is 34.8. The van der Waals surface area contributed by atoms with E-state index in [0.717, 1.165) is 69.6 Å². The van der Waals surface area contributed by atoms with Gasteiger partial charge in [0.05, 0.1) is 0 Å². The Balaban J connectivity index is 4.36. The van der Waals surface area contributed by atoms with Crippen molar-refractivity contribution in [3.8, 4) is 0 Å². The molecule has 0 bridgehead atoms. The van der Waals surface area contributed by atoms with Gasteiger partial charge in [-0.2, -0.15) is 0 Å². The third-order valence-electron chi connectivity index (χ3n) is 10.4. The number of esters is 3. The lowest BCUT2D eigenvalue weighted by Gasteiger charge is -2.18. The van der Waals surface area contributed by atoms with E-state index in [-0.39, 0.29) is 31.1 Å². The monoisotopic (exact) mass is 709 g/mol. The second kappa shape index (κ2) is 37.2. The van der Waals surface area contributed by atoms with E-state index in [2.05, 4.69) is 34.6 Å². The van der Waals surface area contributed by atoms with Crippen LogP contribution in [0.4, 0.5) is 0 Å². The lowest BCUT2D eigenvalue weighted by Crippen LogP contribution is -2.30. The Morgan fingerprint density at radius 1 is 0.400 bits per heavy atom. The molecule has 0 saturated carbocycles. The Labute approximate surface area is 310 Å². The van der Waals surface area contributed by atoms with Gasteiger partial charge in [0.1, 0.15) is 13.2 Å². The van der Waals surface area contributed by atoms with Crippen molar-refractivity contribution < 1.29 is 28.6 Å². The molecule has 296 valence electrons. The summed E-state index contributed by atoms with van der Waals surface area (Å²) in [6.45, 7) is 11.3. The fourth-order valence-electron chi connectivity index (χ4n) is 6.33. The normalized spacial score (nSPS) is 13.1. The summed E-state index contributed by atoms with van der Waals surface area (Å²) in [5.41, 5.74) is 0. The third-order valence-corrected chi connectivity index (χ3v) is 10.4. The van der Waals surface area contributed by atoms with E-state index >= 15 is 0 Å². The van der Waals surface area contributed by atoms with Crippen LogP contribution < -0.4 is 0 Å². The Kier molecular flexibility index (Phi) is 36.0. The van der Waals surface area contributed by atoms with Gasteiger partial charge in [-0.25, -0.2) is 0 Å². The molecular formula is C44H84O6. The van der Waals surface area contributed by atoms with Crippen LogP contribution in [-0.2, 0) is 28.6 Å². The molecule has 0 N–H and O–H groups in total. The first-order valence-corrected chi connectivity index (χ1v) is 21.8. The van der Waals surface area contributed by atoms with Crippen LogP contribution in [0.5, 0.6) is 0 Å². The van der Waals surface area contributed by atoms with Crippen LogP contribution in [0.2, 0.25) is 0 Å². The maximum absolute atomic E-state index is 12.7. The average molecular weight is 709 g/mol. The zero-order chi connectivity index (χ0) is 36.9. The molecule has 0 saturated heterocycles. The summed E-state index contributed by atoms with van der Waals surface area (Å²) in [5, 5.41) is 0. The molecule has 50 heavy (non-hydrogen) atoms. The van der Waals surface area contributed by atoms with Gasteiger partial charge in [-0.05, 0) is 31.1 Å². The molecule has 0 aliphatic carbocycles. The molecule has 0 heterocycles. The van der Waals surface area contributed by atoms with Crippen LogP contribution in [0.15, 0.2) is 0 Å². The van der Waals surface area contributed by atoms with Gasteiger partial charge in [-0.15, -0.1) is 0 Å². The number of carbonyl (C=O) groups is 3. The van der Waals surface area contributed by atoms with Crippen LogP contribution in [0.1, 0.15) is 234 Å². The number of rotatable bonds is 38. The topological polar surface area (TPSA) is 78.9 Å². The standard InChI is InChI=1S/C44H84O6/c1-6-9-10-11-12-13-14-15-16-17-24-29-34-42(45)48-37-41(50-44(47)36-31-26-21-19-23-28-33-40(5)8-3)38-49-43(46)35-30-25-20-18-22-27-32-39(4)7-2/h39-41H,6-38H2,1-5H3/t39?,40?,41-/m1/s1. The molecule has 0 fully saturated rings. The number of ether oxygens (including phenoxy) is 3. The van der Waals surface area contributed by atoms with E-state index in [4.69, 9.17) is 14.2 Å². The van der Waals surface area contributed by atoms with Crippen LogP contribution >= 0.6 is 0 Å². The SMILES string of the molecule is CCCCCCCCCCCCCCC(=O)OC[C@H](COC(=O)CCCCCCCCC(C)CC)OC(=O)CCCCCCCCC(C)CC. The van der Waals surface area contributed by atoms with Gasteiger partial charge >= 0.3 is 17.9 Å². The predicted octanol–water partition coefficient (Wildman–Crippen LogP) is 13.4. The Bertz CT molecular complexity index is 768. The molecule has 0 aromatic heterocycles. The second-order valence-electron chi connectivity index (χ2n) is 15.5. The Morgan fingerprint density at radius 2 is 0.700 bits per heavy atom. The molecule has 0 aromatic rings. The first-order valence-electron chi connectivity index (χ1n) is 21.8. The van der Waals surface area contributed by atoms with Crippen molar-refractivity contribution in [1.82, 2.24) is 0 Å². The van der Waals surface area contributed by atoms with E-state index < -0.39 is 6.10 Å². The molecular weight excluding hydrogens is 624 g/mol. The van der Waals surface area contributed by atoms with Crippen molar-refractivity contribution in [3.63, 3.8) is 0 Å². The zero-order valence-corrected chi connectivity index (χ0v) is 34.0. The number of hydrogen-bond acceptors (Lipinski definition) is 6. The highest BCUT2D eigenvalue weighted by molar-refractivity contribution is 5.71. The Hall–Kier alpha value is -1.59. The van der Waals surface area contributed by atoms with Gasteiger partial charge in [-0.1, -0.05) is 195 Å². The lowest BCUT2D eigenvalue weighted by atomic mass is 10.00.